The second kappa shape index (κ2) is 23.6. The predicted molar refractivity (Wildman–Crippen MR) is 225 cm³/mol. The van der Waals surface area contributed by atoms with E-state index in [1.165, 1.54) is 30.3 Å². The number of nitrogens with zero attached hydrogens (tertiary/aromatic N) is 2. The first-order valence-corrected chi connectivity index (χ1v) is 22.7. The first-order chi connectivity index (χ1) is 30.3. The van der Waals surface area contributed by atoms with Crippen LogP contribution in [-0.2, 0) is 20.0 Å². The van der Waals surface area contributed by atoms with Gasteiger partial charge in [-0.05, 0) is 99.5 Å². The summed E-state index contributed by atoms with van der Waals surface area (Å²) in [4.78, 5) is 23.6. The molecule has 358 valence electrons. The Morgan fingerprint density at radius 3 is 1.47 bits per heavy atom. The van der Waals surface area contributed by atoms with Crippen molar-refractivity contribution < 1.29 is 108 Å². The molecule has 2 heterocycles. The summed E-state index contributed by atoms with van der Waals surface area (Å²) in [7, 11) is -9.20. The smallest absolute Gasteiger partial charge is 1.00 e. The molecule has 4 aromatic carbocycles. The van der Waals surface area contributed by atoms with Gasteiger partial charge in [0.1, 0.15) is 45.2 Å². The van der Waals surface area contributed by atoms with Gasteiger partial charge in [0.15, 0.2) is 0 Å². The molecule has 0 spiro atoms. The van der Waals surface area contributed by atoms with E-state index >= 15 is 0 Å². The van der Waals surface area contributed by atoms with E-state index in [1.807, 2.05) is 0 Å². The van der Waals surface area contributed by atoms with Gasteiger partial charge in [-0.25, -0.2) is 47.6 Å². The molecule has 0 saturated carbocycles. The van der Waals surface area contributed by atoms with E-state index in [0.29, 0.717) is 14.7 Å². The van der Waals surface area contributed by atoms with Crippen LogP contribution in [0, 0.1) is 17.5 Å². The summed E-state index contributed by atoms with van der Waals surface area (Å²) in [6, 6.07) is 12.9. The van der Waals surface area contributed by atoms with Crippen LogP contribution in [0.1, 0.15) is 48.8 Å². The fraction of sp³-hybridized carbons (Fsp3) is 0.350. The molecule has 2 unspecified atom stereocenters. The van der Waals surface area contributed by atoms with Crippen LogP contribution in [0.4, 0.5) is 42.1 Å². The van der Waals surface area contributed by atoms with Crippen LogP contribution in [0.5, 0.6) is 5.75 Å². The number of halogens is 9. The molecule has 2 saturated heterocycles. The number of aliphatic hydroxyl groups is 3. The number of carbonyl (C=O) groups is 2. The fourth-order valence-corrected chi connectivity index (χ4v) is 9.55. The van der Waals surface area contributed by atoms with Crippen LogP contribution < -0.4 is 44.9 Å². The van der Waals surface area contributed by atoms with Crippen molar-refractivity contribution in [3.05, 3.63) is 111 Å². The number of ether oxygens (including phenoxy) is 1. The number of benzene rings is 4. The summed E-state index contributed by atoms with van der Waals surface area (Å²) in [5.74, 6) is -11.6. The van der Waals surface area contributed by atoms with E-state index in [0.717, 1.165) is 36.4 Å². The standard InChI is InChI=1S/C20H20ClF3N2O5S.C18H15ClF4N2O4S.C2H6O.Na.H/c1-2-31-16-6-3-12(19(28)25-13-4-5-15(22)14(21)10-13)9-17(16)32(29,30)26-8-7-18(27)20(23,24)11-26;19-12-8-11(2-4-13(12)20)24-17(27)10-1-3-14(21)15(7-10)30(28,29)25-6-5-16(26)18(22,23)9-25;1-2-3;;/h3-6,9-10,18,27H,2,7-8,11H2,1H3,(H,25,28);1-4,7-8,16,26H,5-6,9H2,(H,24,27);3H,2H2,1H3;;/q;;;+1;-1. The minimum Gasteiger partial charge on any atom is -1.00 e. The van der Waals surface area contributed by atoms with Crippen molar-refractivity contribution in [1.29, 1.82) is 0 Å². The SMILES string of the molecule is CCO.CCOc1ccc(C(=O)Nc2ccc(F)c(Cl)c2)cc1S(=O)(=O)N1CCC(O)C(F)(F)C1.O=C(Nc1ccc(F)c(Cl)c1)c1ccc(F)c(S(=O)(=O)N2CCC(O)C(F)(F)C2)c1.[H-].[Na+]. The van der Waals surface area contributed by atoms with Crippen LogP contribution in [-0.4, -0.2) is 116 Å². The average Bonchev–Trinajstić information content (AvgIpc) is 3.23. The molecule has 0 aromatic heterocycles. The van der Waals surface area contributed by atoms with Crippen molar-refractivity contribution in [2.45, 2.75) is 60.5 Å². The van der Waals surface area contributed by atoms with Crippen molar-refractivity contribution in [2.75, 3.05) is 50.0 Å². The monoisotopic (exact) mass is 1030 g/mol. The minimum absolute atomic E-state index is 0. The van der Waals surface area contributed by atoms with Crippen molar-refractivity contribution >= 4 is 66.4 Å². The number of aliphatic hydroxyl groups excluding tert-OH is 3. The summed E-state index contributed by atoms with van der Waals surface area (Å²) in [5.41, 5.74) is -0.107. The number of alkyl halides is 4. The largest absolute Gasteiger partial charge is 1.00 e. The second-order valence-electron chi connectivity index (χ2n) is 14.0. The minimum atomic E-state index is -4.71. The number of piperidine rings is 2. The number of nitrogens with one attached hydrogen (secondary N) is 2. The van der Waals surface area contributed by atoms with Crippen LogP contribution >= 0.6 is 23.2 Å². The normalized spacial score (nSPS) is 18.3. The van der Waals surface area contributed by atoms with Gasteiger partial charge in [0, 0.05) is 42.2 Å². The van der Waals surface area contributed by atoms with E-state index in [-0.39, 0.29) is 89.0 Å². The molecule has 6 rings (SSSR count). The van der Waals surface area contributed by atoms with Crippen molar-refractivity contribution in [3.63, 3.8) is 0 Å². The zero-order valence-corrected chi connectivity index (χ0v) is 40.2. The number of carbonyl (C=O) groups excluding carboxylic acids is 2. The number of rotatable bonds is 10. The van der Waals surface area contributed by atoms with E-state index in [1.54, 1.807) is 13.8 Å². The Kier molecular flexibility index (Phi) is 20.3. The first kappa shape index (κ1) is 56.7. The molecule has 26 heteroatoms. The molecule has 2 fully saturated rings. The molecule has 4 aromatic rings. The number of amides is 2. The van der Waals surface area contributed by atoms with E-state index in [9.17, 15) is 67.4 Å². The van der Waals surface area contributed by atoms with Crippen molar-refractivity contribution in [3.8, 4) is 5.75 Å². The van der Waals surface area contributed by atoms with Crippen LogP contribution in [0.2, 0.25) is 10.0 Å². The molecule has 0 aliphatic carbocycles. The second-order valence-corrected chi connectivity index (χ2v) is 18.7. The molecule has 0 radical (unpaired) electrons. The molecule has 2 aliphatic rings. The van der Waals surface area contributed by atoms with Gasteiger partial charge in [-0.15, -0.1) is 0 Å². The first-order valence-electron chi connectivity index (χ1n) is 19.1. The molecule has 2 atom stereocenters. The number of anilines is 2. The number of sulfonamides is 2. The molecule has 0 bridgehead atoms. The number of hydrogen-bond acceptors (Lipinski definition) is 10. The maximum absolute atomic E-state index is 14.2. The van der Waals surface area contributed by atoms with E-state index in [4.69, 9.17) is 33.0 Å². The maximum atomic E-state index is 14.2. The Labute approximate surface area is 408 Å². The van der Waals surface area contributed by atoms with Crippen LogP contribution in [0.15, 0.2) is 82.6 Å². The van der Waals surface area contributed by atoms with Crippen molar-refractivity contribution in [1.82, 2.24) is 8.61 Å². The van der Waals surface area contributed by atoms with Gasteiger partial charge in [0.25, 0.3) is 23.7 Å². The number of hydrogen-bond donors (Lipinski definition) is 5. The molecule has 5 N–H and O–H groups in total. The maximum Gasteiger partial charge on any atom is 1.00 e. The average molecular weight is 1030 g/mol. The Morgan fingerprint density at radius 2 is 1.08 bits per heavy atom. The Balaban J connectivity index is 0.000000423. The molecule has 2 aliphatic heterocycles. The summed E-state index contributed by atoms with van der Waals surface area (Å²) in [6.07, 6.45) is -4.92. The molecule has 66 heavy (non-hydrogen) atoms. The summed E-state index contributed by atoms with van der Waals surface area (Å²) >= 11 is 11.3. The van der Waals surface area contributed by atoms with Crippen LogP contribution in [0.3, 0.4) is 0 Å². The van der Waals surface area contributed by atoms with Crippen LogP contribution in [0.25, 0.3) is 0 Å². The van der Waals surface area contributed by atoms with Gasteiger partial charge >= 0.3 is 29.6 Å². The molecular weight excluding hydrogens is 987 g/mol. The van der Waals surface area contributed by atoms with Gasteiger partial charge in [0.2, 0.25) is 20.0 Å². The quantitative estimate of drug-likeness (QED) is 0.115. The van der Waals surface area contributed by atoms with E-state index in [2.05, 4.69) is 10.6 Å². The Morgan fingerprint density at radius 1 is 0.697 bits per heavy atom. The zero-order valence-electron chi connectivity index (χ0n) is 36.1. The fourth-order valence-electron chi connectivity index (χ4n) is 6.00. The van der Waals surface area contributed by atoms with Crippen molar-refractivity contribution in [2.24, 2.45) is 0 Å². The Bertz CT molecular complexity index is 2610. The third kappa shape index (κ3) is 14.0. The molecule has 14 nitrogen and oxygen atoms in total. The van der Waals surface area contributed by atoms with Gasteiger partial charge in [-0.2, -0.15) is 8.61 Å². The van der Waals surface area contributed by atoms with Gasteiger partial charge in [-0.1, -0.05) is 23.2 Å². The third-order valence-electron chi connectivity index (χ3n) is 9.34. The molecular formula is C40H42Cl2F7N4NaO10S2. The summed E-state index contributed by atoms with van der Waals surface area (Å²) < 4.78 is 154. The third-order valence-corrected chi connectivity index (χ3v) is 13.6. The zero-order chi connectivity index (χ0) is 48.7. The molecule has 2 amide bonds. The Hall–Kier alpha value is -3.59. The van der Waals surface area contributed by atoms with Gasteiger partial charge in [-0.3, -0.25) is 9.59 Å². The summed E-state index contributed by atoms with van der Waals surface area (Å²) in [6.45, 7) is 0.350. The summed E-state index contributed by atoms with van der Waals surface area (Å²) in [5, 5.41) is 30.7. The predicted octanol–water partition coefficient (Wildman–Crippen LogP) is 3.90. The van der Waals surface area contributed by atoms with Gasteiger partial charge in [0.05, 0.1) is 29.7 Å². The van der Waals surface area contributed by atoms with Gasteiger partial charge < -0.3 is 32.1 Å². The topological polar surface area (TPSA) is 203 Å². The van der Waals surface area contributed by atoms with E-state index < -0.39 is 116 Å².